The van der Waals surface area contributed by atoms with Crippen molar-refractivity contribution in [2.24, 2.45) is 0 Å². The summed E-state index contributed by atoms with van der Waals surface area (Å²) in [5.74, 6) is 1.33. The van der Waals surface area contributed by atoms with Gasteiger partial charge < -0.3 is 0 Å². The van der Waals surface area contributed by atoms with E-state index in [1.165, 1.54) is 49.2 Å². The summed E-state index contributed by atoms with van der Waals surface area (Å²) in [6.07, 6.45) is 4.07. The van der Waals surface area contributed by atoms with Crippen LogP contribution in [0, 0.1) is 0 Å². The van der Waals surface area contributed by atoms with Crippen LogP contribution < -0.4 is 0 Å². The lowest BCUT2D eigenvalue weighted by molar-refractivity contribution is 0.148. The largest absolute Gasteiger partial charge is 0.290 e. The van der Waals surface area contributed by atoms with Gasteiger partial charge in [0.05, 0.1) is 6.04 Å². The molecule has 0 aliphatic carbocycles. The molecule has 0 bridgehead atoms. The number of likely N-dealkylation sites (tertiary alicyclic amines) is 1. The second kappa shape index (κ2) is 8.56. The van der Waals surface area contributed by atoms with Crippen molar-refractivity contribution >= 4 is 11.8 Å². The van der Waals surface area contributed by atoms with Crippen molar-refractivity contribution in [3.05, 3.63) is 71.8 Å². The molecule has 1 saturated heterocycles. The molecule has 3 rings (SSSR count). The summed E-state index contributed by atoms with van der Waals surface area (Å²) in [5.41, 5.74) is 2.82. The van der Waals surface area contributed by atoms with Gasteiger partial charge in [-0.1, -0.05) is 80.4 Å². The zero-order valence-corrected chi connectivity index (χ0v) is 14.8. The monoisotopic (exact) mass is 325 g/mol. The molecule has 1 aliphatic heterocycles. The quantitative estimate of drug-likeness (QED) is 0.599. The molecule has 0 amide bonds. The second-order valence-electron chi connectivity index (χ2n) is 6.38. The van der Waals surface area contributed by atoms with Gasteiger partial charge in [0, 0.05) is 18.3 Å². The van der Waals surface area contributed by atoms with Crippen LogP contribution in [0.3, 0.4) is 0 Å². The Kier molecular flexibility index (Phi) is 6.18. The van der Waals surface area contributed by atoms with E-state index in [0.29, 0.717) is 6.04 Å². The molecule has 0 radical (unpaired) electrons. The first-order valence-electron chi connectivity index (χ1n) is 8.84. The summed E-state index contributed by atoms with van der Waals surface area (Å²) < 4.78 is 0. The lowest BCUT2D eigenvalue weighted by atomic mass is 9.94. The van der Waals surface area contributed by atoms with Gasteiger partial charge in [-0.25, -0.2) is 0 Å². The van der Waals surface area contributed by atoms with E-state index in [0.717, 1.165) is 5.25 Å². The Morgan fingerprint density at radius 1 is 0.913 bits per heavy atom. The molecule has 2 aromatic rings. The maximum atomic E-state index is 2.63. The van der Waals surface area contributed by atoms with Crippen molar-refractivity contribution in [1.82, 2.24) is 4.90 Å². The molecular weight excluding hydrogens is 298 g/mol. The SMILES string of the molecule is CCCCCSC1CN(C(c2ccccc2)c2ccccc2)C1. The van der Waals surface area contributed by atoms with Gasteiger partial charge in [-0.15, -0.1) is 0 Å². The van der Waals surface area contributed by atoms with E-state index in [2.05, 4.69) is 84.2 Å². The molecule has 0 aromatic heterocycles. The highest BCUT2D eigenvalue weighted by atomic mass is 32.2. The van der Waals surface area contributed by atoms with E-state index in [-0.39, 0.29) is 0 Å². The van der Waals surface area contributed by atoms with E-state index >= 15 is 0 Å². The van der Waals surface area contributed by atoms with Crippen LogP contribution in [0.2, 0.25) is 0 Å². The van der Waals surface area contributed by atoms with Crippen molar-refractivity contribution in [3.8, 4) is 0 Å². The minimum absolute atomic E-state index is 0.407. The van der Waals surface area contributed by atoms with Gasteiger partial charge >= 0.3 is 0 Å². The smallest absolute Gasteiger partial charge is 0.0602 e. The van der Waals surface area contributed by atoms with Crippen LogP contribution in [0.5, 0.6) is 0 Å². The highest BCUT2D eigenvalue weighted by molar-refractivity contribution is 8.00. The predicted molar refractivity (Wildman–Crippen MR) is 102 cm³/mol. The molecule has 0 atom stereocenters. The van der Waals surface area contributed by atoms with Crippen LogP contribution in [0.1, 0.15) is 43.4 Å². The van der Waals surface area contributed by atoms with Crippen LogP contribution in [0.25, 0.3) is 0 Å². The van der Waals surface area contributed by atoms with Crippen molar-refractivity contribution in [1.29, 1.82) is 0 Å². The normalized spacial score (nSPS) is 15.7. The van der Waals surface area contributed by atoms with Crippen molar-refractivity contribution < 1.29 is 0 Å². The Labute approximate surface area is 145 Å². The molecule has 2 aromatic carbocycles. The molecule has 0 saturated carbocycles. The maximum absolute atomic E-state index is 2.63. The van der Waals surface area contributed by atoms with Crippen LogP contribution in [0.4, 0.5) is 0 Å². The summed E-state index contributed by atoms with van der Waals surface area (Å²) in [6, 6.07) is 22.3. The number of nitrogens with zero attached hydrogens (tertiary/aromatic N) is 1. The van der Waals surface area contributed by atoms with Gasteiger partial charge in [0.1, 0.15) is 0 Å². The average molecular weight is 326 g/mol. The van der Waals surface area contributed by atoms with Gasteiger partial charge in [0.2, 0.25) is 0 Å². The van der Waals surface area contributed by atoms with Crippen LogP contribution in [-0.2, 0) is 0 Å². The molecule has 1 heterocycles. The minimum Gasteiger partial charge on any atom is -0.290 e. The summed E-state index contributed by atoms with van der Waals surface area (Å²) >= 11 is 2.17. The molecular formula is C21H27NS. The third-order valence-corrected chi connectivity index (χ3v) is 5.87. The van der Waals surface area contributed by atoms with Crippen molar-refractivity contribution in [2.45, 2.75) is 37.5 Å². The third kappa shape index (κ3) is 4.39. The number of hydrogen-bond acceptors (Lipinski definition) is 2. The van der Waals surface area contributed by atoms with Crippen molar-refractivity contribution in [3.63, 3.8) is 0 Å². The predicted octanol–water partition coefficient (Wildman–Crippen LogP) is 5.38. The fraction of sp³-hybridized carbons (Fsp3) is 0.429. The molecule has 0 N–H and O–H groups in total. The first kappa shape index (κ1) is 16.6. The van der Waals surface area contributed by atoms with E-state index in [1.54, 1.807) is 0 Å². The molecule has 2 heteroatoms. The van der Waals surface area contributed by atoms with Gasteiger partial charge in [0.25, 0.3) is 0 Å². The standard InChI is InChI=1S/C21H27NS/c1-2-3-10-15-23-20-16-22(17-20)21(18-11-6-4-7-12-18)19-13-8-5-9-14-19/h4-9,11-14,20-21H,2-3,10,15-17H2,1H3. The minimum atomic E-state index is 0.407. The second-order valence-corrected chi connectivity index (χ2v) is 7.79. The first-order chi connectivity index (χ1) is 11.4. The summed E-state index contributed by atoms with van der Waals surface area (Å²) in [6.45, 7) is 4.70. The number of unbranched alkanes of at least 4 members (excludes halogenated alkanes) is 2. The highest BCUT2D eigenvalue weighted by Gasteiger charge is 2.33. The van der Waals surface area contributed by atoms with E-state index in [4.69, 9.17) is 0 Å². The summed E-state index contributed by atoms with van der Waals surface area (Å²) in [5, 5.41) is 0.821. The number of benzene rings is 2. The Bertz CT molecular complexity index is 523. The molecule has 0 spiro atoms. The van der Waals surface area contributed by atoms with Gasteiger partial charge in [-0.05, 0) is 23.3 Å². The molecule has 0 unspecified atom stereocenters. The highest BCUT2D eigenvalue weighted by Crippen LogP contribution is 2.35. The molecule has 1 nitrogen and oxygen atoms in total. The van der Waals surface area contributed by atoms with E-state index in [9.17, 15) is 0 Å². The van der Waals surface area contributed by atoms with Gasteiger partial charge in [0.15, 0.2) is 0 Å². The van der Waals surface area contributed by atoms with E-state index in [1.807, 2.05) is 0 Å². The van der Waals surface area contributed by atoms with Crippen LogP contribution in [-0.4, -0.2) is 29.0 Å². The molecule has 1 aliphatic rings. The van der Waals surface area contributed by atoms with Crippen molar-refractivity contribution in [2.75, 3.05) is 18.8 Å². The zero-order valence-electron chi connectivity index (χ0n) is 14.0. The molecule has 23 heavy (non-hydrogen) atoms. The van der Waals surface area contributed by atoms with Gasteiger partial charge in [-0.3, -0.25) is 4.90 Å². The first-order valence-corrected chi connectivity index (χ1v) is 9.89. The van der Waals surface area contributed by atoms with E-state index < -0.39 is 0 Å². The number of thioether (sulfide) groups is 1. The van der Waals surface area contributed by atoms with Gasteiger partial charge in [-0.2, -0.15) is 11.8 Å². The summed E-state index contributed by atoms with van der Waals surface area (Å²) in [7, 11) is 0. The van der Waals surface area contributed by atoms with Crippen LogP contribution >= 0.6 is 11.8 Å². The third-order valence-electron chi connectivity index (χ3n) is 4.57. The van der Waals surface area contributed by atoms with Crippen LogP contribution in [0.15, 0.2) is 60.7 Å². The maximum Gasteiger partial charge on any atom is 0.0602 e. The number of rotatable bonds is 8. The Balaban J connectivity index is 1.63. The summed E-state index contributed by atoms with van der Waals surface area (Å²) in [4.78, 5) is 2.63. The lowest BCUT2D eigenvalue weighted by Gasteiger charge is -2.44. The Morgan fingerprint density at radius 3 is 2.00 bits per heavy atom. The number of hydrogen-bond donors (Lipinski definition) is 0. The zero-order chi connectivity index (χ0) is 15.9. The lowest BCUT2D eigenvalue weighted by Crippen LogP contribution is -2.51. The molecule has 1 fully saturated rings. The average Bonchev–Trinajstić information content (AvgIpc) is 2.57. The Hall–Kier alpha value is -1.25. The molecule has 122 valence electrons. The Morgan fingerprint density at radius 2 is 1.48 bits per heavy atom. The topological polar surface area (TPSA) is 3.24 Å². The fourth-order valence-corrected chi connectivity index (χ4v) is 4.57. The fourth-order valence-electron chi connectivity index (χ4n) is 3.27.